The van der Waals surface area contributed by atoms with E-state index >= 15 is 0 Å². The summed E-state index contributed by atoms with van der Waals surface area (Å²) in [6.07, 6.45) is 4.62. The van der Waals surface area contributed by atoms with Crippen LogP contribution in [0.1, 0.15) is 42.0 Å². The van der Waals surface area contributed by atoms with Gasteiger partial charge in [0.25, 0.3) is 5.91 Å². The zero-order valence-corrected chi connectivity index (χ0v) is 12.1. The second kappa shape index (κ2) is 4.60. The van der Waals surface area contributed by atoms with Crippen molar-refractivity contribution in [3.8, 4) is 0 Å². The highest BCUT2D eigenvalue weighted by Crippen LogP contribution is 2.44. The van der Waals surface area contributed by atoms with Gasteiger partial charge in [-0.3, -0.25) is 4.79 Å². The maximum Gasteiger partial charge on any atom is 0.287 e. The van der Waals surface area contributed by atoms with E-state index in [-0.39, 0.29) is 28.4 Å². The van der Waals surface area contributed by atoms with Crippen LogP contribution >= 0.6 is 0 Å². The Morgan fingerprint density at radius 2 is 1.90 bits per heavy atom. The van der Waals surface area contributed by atoms with Gasteiger partial charge in [0, 0.05) is 12.1 Å². The van der Waals surface area contributed by atoms with Gasteiger partial charge < -0.3 is 9.73 Å². The van der Waals surface area contributed by atoms with E-state index in [2.05, 4.69) is 5.32 Å². The number of amides is 1. The minimum absolute atomic E-state index is 0.0119. The number of nitrogens with one attached hydrogen (secondary N) is 1. The quantitative estimate of drug-likeness (QED) is 0.851. The Morgan fingerprint density at radius 3 is 2.30 bits per heavy atom. The third-order valence-electron chi connectivity index (χ3n) is 3.96. The smallest absolute Gasteiger partial charge is 0.287 e. The van der Waals surface area contributed by atoms with Gasteiger partial charge in [-0.15, -0.1) is 0 Å². The van der Waals surface area contributed by atoms with Gasteiger partial charge >= 0.3 is 0 Å². The molecule has 1 heterocycles. The van der Waals surface area contributed by atoms with Crippen molar-refractivity contribution >= 4 is 15.9 Å². The zero-order valence-electron chi connectivity index (χ0n) is 11.3. The lowest BCUT2D eigenvalue weighted by atomic mass is 10.1. The van der Waals surface area contributed by atoms with Crippen LogP contribution in [0.5, 0.6) is 0 Å². The molecule has 2 aliphatic carbocycles. The van der Waals surface area contributed by atoms with Crippen LogP contribution in [0.4, 0.5) is 0 Å². The summed E-state index contributed by atoms with van der Waals surface area (Å²) in [5.41, 5.74) is 0. The van der Waals surface area contributed by atoms with E-state index in [9.17, 15) is 13.2 Å². The molecule has 0 bridgehead atoms. The molecule has 1 amide bonds. The number of hydrogen-bond donors (Lipinski definition) is 2. The van der Waals surface area contributed by atoms with Crippen molar-refractivity contribution in [2.24, 2.45) is 17.0 Å². The van der Waals surface area contributed by atoms with Crippen molar-refractivity contribution in [2.75, 3.05) is 0 Å². The Bertz CT molecular complexity index is 629. The molecule has 0 spiro atoms. The van der Waals surface area contributed by atoms with Crippen LogP contribution in [0.2, 0.25) is 0 Å². The lowest BCUT2D eigenvalue weighted by molar-refractivity contribution is 0.0897. The van der Waals surface area contributed by atoms with Gasteiger partial charge in [-0.1, -0.05) is 0 Å². The number of furan rings is 1. The van der Waals surface area contributed by atoms with Gasteiger partial charge in [-0.05, 0) is 44.4 Å². The molecule has 2 fully saturated rings. The number of sulfonamides is 1. The van der Waals surface area contributed by atoms with Crippen molar-refractivity contribution in [1.82, 2.24) is 5.32 Å². The third kappa shape index (κ3) is 2.73. The molecule has 0 saturated heterocycles. The summed E-state index contributed by atoms with van der Waals surface area (Å²) >= 11 is 0. The van der Waals surface area contributed by atoms with E-state index in [1.165, 1.54) is 13.0 Å². The molecule has 0 atom stereocenters. The summed E-state index contributed by atoms with van der Waals surface area (Å²) in [5, 5.41) is 8.05. The fraction of sp³-hybridized carbons (Fsp3) is 0.615. The first-order valence-electron chi connectivity index (χ1n) is 6.80. The molecule has 7 heteroatoms. The fourth-order valence-electron chi connectivity index (χ4n) is 2.61. The van der Waals surface area contributed by atoms with Crippen LogP contribution in [-0.2, 0) is 10.0 Å². The molecule has 0 unspecified atom stereocenters. The van der Waals surface area contributed by atoms with E-state index < -0.39 is 10.0 Å². The predicted molar refractivity (Wildman–Crippen MR) is 71.5 cm³/mol. The summed E-state index contributed by atoms with van der Waals surface area (Å²) in [6, 6.07) is 1.41. The third-order valence-corrected chi connectivity index (χ3v) is 4.98. The van der Waals surface area contributed by atoms with Crippen LogP contribution < -0.4 is 10.5 Å². The highest BCUT2D eigenvalue weighted by Gasteiger charge is 2.42. The summed E-state index contributed by atoms with van der Waals surface area (Å²) in [6.45, 7) is 1.48. The van der Waals surface area contributed by atoms with E-state index in [1.807, 2.05) is 0 Å². The minimum atomic E-state index is -3.86. The lowest BCUT2D eigenvalue weighted by Gasteiger charge is -2.16. The van der Waals surface area contributed by atoms with Crippen LogP contribution in [0.25, 0.3) is 0 Å². The molecule has 0 aliphatic heterocycles. The van der Waals surface area contributed by atoms with Crippen molar-refractivity contribution in [3.63, 3.8) is 0 Å². The standard InChI is InChI=1S/C13H18N2O4S/c1-7-11(20(14,17)18)6-10(19-7)13(16)15-12(8-2-3-8)9-4-5-9/h6,8-9,12H,2-5H2,1H3,(H,15,16)(H2,14,17,18). The van der Waals surface area contributed by atoms with Crippen LogP contribution in [0.3, 0.4) is 0 Å². The van der Waals surface area contributed by atoms with Gasteiger partial charge in [0.05, 0.1) is 0 Å². The molecular formula is C13H18N2O4S. The Kier molecular flexibility index (Phi) is 3.13. The van der Waals surface area contributed by atoms with Crippen molar-refractivity contribution in [3.05, 3.63) is 17.6 Å². The molecule has 2 aliphatic rings. The maximum atomic E-state index is 12.2. The predicted octanol–water partition coefficient (Wildman–Crippen LogP) is 1.15. The van der Waals surface area contributed by atoms with E-state index in [4.69, 9.17) is 9.56 Å². The van der Waals surface area contributed by atoms with Crippen molar-refractivity contribution in [1.29, 1.82) is 0 Å². The number of nitrogens with two attached hydrogens (primary N) is 1. The van der Waals surface area contributed by atoms with E-state index in [0.29, 0.717) is 11.8 Å². The van der Waals surface area contributed by atoms with Crippen LogP contribution in [-0.4, -0.2) is 20.4 Å². The molecule has 3 rings (SSSR count). The second-order valence-electron chi connectivity index (χ2n) is 5.75. The first-order valence-corrected chi connectivity index (χ1v) is 8.35. The number of primary sulfonamides is 1. The van der Waals surface area contributed by atoms with Crippen LogP contribution in [0, 0.1) is 18.8 Å². The molecule has 2 saturated carbocycles. The summed E-state index contributed by atoms with van der Waals surface area (Å²) < 4.78 is 27.9. The largest absolute Gasteiger partial charge is 0.455 e. The maximum absolute atomic E-state index is 12.2. The summed E-state index contributed by atoms with van der Waals surface area (Å²) in [7, 11) is -3.86. The molecule has 1 aromatic rings. The molecule has 0 aromatic carbocycles. The monoisotopic (exact) mass is 298 g/mol. The Hall–Kier alpha value is -1.34. The number of carbonyl (C=O) groups is 1. The number of hydrogen-bond acceptors (Lipinski definition) is 4. The SMILES string of the molecule is Cc1oc(C(=O)NC(C2CC2)C2CC2)cc1S(N)(=O)=O. The number of carbonyl (C=O) groups excluding carboxylic acids is 1. The number of aryl methyl sites for hydroxylation is 1. The molecule has 6 nitrogen and oxygen atoms in total. The summed E-state index contributed by atoms with van der Waals surface area (Å²) in [4.78, 5) is 12.0. The highest BCUT2D eigenvalue weighted by molar-refractivity contribution is 7.89. The topological polar surface area (TPSA) is 102 Å². The molecule has 3 N–H and O–H groups in total. The minimum Gasteiger partial charge on any atom is -0.455 e. The van der Waals surface area contributed by atoms with Gasteiger partial charge in [-0.2, -0.15) is 0 Å². The molecule has 110 valence electrons. The first kappa shape index (κ1) is 13.6. The van der Waals surface area contributed by atoms with Crippen molar-refractivity contribution < 1.29 is 17.6 Å². The van der Waals surface area contributed by atoms with Gasteiger partial charge in [0.2, 0.25) is 10.0 Å². The Labute approximate surface area is 117 Å². The molecule has 0 radical (unpaired) electrons. The Balaban J connectivity index is 1.77. The Morgan fingerprint density at radius 1 is 1.35 bits per heavy atom. The van der Waals surface area contributed by atoms with E-state index in [1.54, 1.807) is 0 Å². The van der Waals surface area contributed by atoms with Gasteiger partial charge in [-0.25, -0.2) is 13.6 Å². The molecule has 20 heavy (non-hydrogen) atoms. The van der Waals surface area contributed by atoms with Gasteiger partial charge in [0.15, 0.2) is 5.76 Å². The fourth-order valence-corrected chi connectivity index (χ4v) is 3.33. The second-order valence-corrected chi connectivity index (χ2v) is 7.28. The molecular weight excluding hydrogens is 280 g/mol. The van der Waals surface area contributed by atoms with Crippen molar-refractivity contribution in [2.45, 2.75) is 43.5 Å². The zero-order chi connectivity index (χ0) is 14.5. The van der Waals surface area contributed by atoms with E-state index in [0.717, 1.165) is 25.7 Å². The van der Waals surface area contributed by atoms with Crippen LogP contribution in [0.15, 0.2) is 15.4 Å². The first-order chi connectivity index (χ1) is 9.36. The van der Waals surface area contributed by atoms with Gasteiger partial charge in [0.1, 0.15) is 10.7 Å². The molecule has 1 aromatic heterocycles. The summed E-state index contributed by atoms with van der Waals surface area (Å²) in [5.74, 6) is 0.942. The number of rotatable bonds is 5. The lowest BCUT2D eigenvalue weighted by Crippen LogP contribution is -2.37. The normalized spacial score (nSPS) is 19.4. The highest BCUT2D eigenvalue weighted by atomic mass is 32.2. The average molecular weight is 298 g/mol. The average Bonchev–Trinajstić information content (AvgIpc) is 3.22.